The Bertz CT molecular complexity index is 440. The van der Waals surface area contributed by atoms with Gasteiger partial charge >= 0.3 is 88.7 Å². The van der Waals surface area contributed by atoms with E-state index in [-0.39, 0.29) is 15.9 Å². The first-order chi connectivity index (χ1) is 6.80. The number of hydrogen-bond acceptors (Lipinski definition) is 3. The first-order valence-corrected chi connectivity index (χ1v) is 7.42. The molecule has 1 aromatic carbocycles. The number of anilines is 2. The molecule has 0 aliphatic rings. The van der Waals surface area contributed by atoms with Gasteiger partial charge in [0.1, 0.15) is 0 Å². The van der Waals surface area contributed by atoms with Crippen LogP contribution in [0.5, 0.6) is 0 Å². The van der Waals surface area contributed by atoms with Crippen LogP contribution in [0.4, 0.5) is 11.4 Å². The SMILES string of the molecule is CC(=O)Nc1ccc([As](=O)(O)O)cc1N. The van der Waals surface area contributed by atoms with Crippen molar-refractivity contribution in [1.82, 2.24) is 0 Å². The Kier molecular flexibility index (Phi) is 3.24. The van der Waals surface area contributed by atoms with Crippen LogP contribution in [0.1, 0.15) is 6.92 Å². The van der Waals surface area contributed by atoms with Crippen molar-refractivity contribution in [3.8, 4) is 0 Å². The van der Waals surface area contributed by atoms with Crippen LogP contribution in [0.3, 0.4) is 0 Å². The predicted molar refractivity (Wildman–Crippen MR) is 55.7 cm³/mol. The van der Waals surface area contributed by atoms with Gasteiger partial charge in [-0.15, -0.1) is 0 Å². The molecule has 0 fully saturated rings. The standard InChI is InChI=1S/C8H11AsN2O4/c1-5(12)11-8-3-2-6(4-7(8)10)9(13,14)15/h2-4H,10H2,1H3,(H,11,12)(H2,13,14,15). The summed E-state index contributed by atoms with van der Waals surface area (Å²) in [7, 11) is 0. The van der Waals surface area contributed by atoms with Crippen LogP contribution in [0.15, 0.2) is 18.2 Å². The van der Waals surface area contributed by atoms with Gasteiger partial charge in [-0.05, 0) is 0 Å². The van der Waals surface area contributed by atoms with Gasteiger partial charge < -0.3 is 0 Å². The van der Waals surface area contributed by atoms with Gasteiger partial charge in [-0.25, -0.2) is 0 Å². The summed E-state index contributed by atoms with van der Waals surface area (Å²) in [6, 6.07) is 3.79. The third-order valence-corrected chi connectivity index (χ3v) is 3.68. The van der Waals surface area contributed by atoms with E-state index in [1.54, 1.807) is 0 Å². The molecule has 6 nitrogen and oxygen atoms in total. The minimum absolute atomic E-state index is 0.111. The van der Waals surface area contributed by atoms with E-state index in [2.05, 4.69) is 5.32 Å². The first kappa shape index (κ1) is 11.8. The molecule has 0 aromatic heterocycles. The minimum atomic E-state index is -4.90. The summed E-state index contributed by atoms with van der Waals surface area (Å²) in [5.41, 5.74) is 5.99. The van der Waals surface area contributed by atoms with Crippen molar-refractivity contribution < 1.29 is 16.7 Å². The van der Waals surface area contributed by atoms with Crippen molar-refractivity contribution in [3.05, 3.63) is 18.2 Å². The summed E-state index contributed by atoms with van der Waals surface area (Å²) in [5.74, 6) is -0.295. The molecule has 0 spiro atoms. The van der Waals surface area contributed by atoms with E-state index >= 15 is 0 Å². The second-order valence-corrected chi connectivity index (χ2v) is 6.36. The molecule has 1 rings (SSSR count). The Morgan fingerprint density at radius 2 is 2.07 bits per heavy atom. The molecule has 82 valence electrons. The van der Waals surface area contributed by atoms with Gasteiger partial charge in [0.2, 0.25) is 0 Å². The van der Waals surface area contributed by atoms with E-state index in [1.807, 2.05) is 0 Å². The molecule has 0 atom stereocenters. The van der Waals surface area contributed by atoms with Gasteiger partial charge in [-0.1, -0.05) is 0 Å². The van der Waals surface area contributed by atoms with Crippen molar-refractivity contribution >= 4 is 35.8 Å². The number of rotatable bonds is 2. The predicted octanol–water partition coefficient (Wildman–Crippen LogP) is -1.21. The number of nitrogens with one attached hydrogen (secondary N) is 1. The summed E-state index contributed by atoms with van der Waals surface area (Å²) < 4.78 is 28.6. The molecule has 1 aromatic rings. The second kappa shape index (κ2) is 4.10. The summed E-state index contributed by atoms with van der Waals surface area (Å²) >= 11 is -4.90. The maximum atomic E-state index is 10.9. The molecular formula is C8H11AsN2O4. The van der Waals surface area contributed by atoms with E-state index < -0.39 is 14.2 Å². The Morgan fingerprint density at radius 1 is 1.47 bits per heavy atom. The summed E-state index contributed by atoms with van der Waals surface area (Å²) in [6.45, 7) is 1.32. The van der Waals surface area contributed by atoms with Crippen LogP contribution in [-0.2, 0) is 8.53 Å². The van der Waals surface area contributed by atoms with E-state index in [9.17, 15) is 8.53 Å². The summed E-state index contributed by atoms with van der Waals surface area (Å²) in [5, 5.41) is 2.44. The second-order valence-electron chi connectivity index (χ2n) is 3.00. The average Bonchev–Trinajstić information content (AvgIpc) is 2.05. The fourth-order valence-corrected chi connectivity index (χ4v) is 2.24. The maximum absolute atomic E-state index is 10.9. The van der Waals surface area contributed by atoms with Crippen molar-refractivity contribution in [2.75, 3.05) is 11.1 Å². The van der Waals surface area contributed by atoms with Gasteiger partial charge in [0, 0.05) is 0 Å². The van der Waals surface area contributed by atoms with Crippen LogP contribution < -0.4 is 15.4 Å². The molecule has 0 unspecified atom stereocenters. The number of carbonyl (C=O) groups is 1. The van der Waals surface area contributed by atoms with Crippen LogP contribution in [0.25, 0.3) is 0 Å². The fourth-order valence-electron chi connectivity index (χ4n) is 1.03. The number of nitrogens with two attached hydrogens (primary N) is 1. The molecule has 0 aliphatic carbocycles. The van der Waals surface area contributed by atoms with Crippen molar-refractivity contribution in [3.63, 3.8) is 0 Å². The van der Waals surface area contributed by atoms with Gasteiger partial charge in [0.15, 0.2) is 0 Å². The molecule has 0 saturated carbocycles. The molecule has 0 aliphatic heterocycles. The fraction of sp³-hybridized carbons (Fsp3) is 0.125. The van der Waals surface area contributed by atoms with Crippen LogP contribution in [0, 0.1) is 0 Å². The number of carbonyl (C=O) groups excluding carboxylic acids is 1. The van der Waals surface area contributed by atoms with E-state index in [1.165, 1.54) is 25.1 Å². The molecule has 0 bridgehead atoms. The molecular weight excluding hydrogens is 263 g/mol. The van der Waals surface area contributed by atoms with E-state index in [0.717, 1.165) is 0 Å². The number of benzene rings is 1. The topological polar surface area (TPSA) is 113 Å². The molecule has 1 amide bonds. The quantitative estimate of drug-likeness (QED) is 0.399. The molecule has 0 saturated heterocycles. The Labute approximate surface area is 89.1 Å². The van der Waals surface area contributed by atoms with E-state index in [0.29, 0.717) is 5.69 Å². The van der Waals surface area contributed by atoms with Gasteiger partial charge in [-0.3, -0.25) is 0 Å². The Balaban J connectivity index is 3.09. The third kappa shape index (κ3) is 3.12. The average molecular weight is 274 g/mol. The molecule has 5 N–H and O–H groups in total. The Hall–Kier alpha value is -1.23. The number of amides is 1. The normalized spacial score (nSPS) is 11.1. The molecule has 0 radical (unpaired) electrons. The van der Waals surface area contributed by atoms with Gasteiger partial charge in [-0.2, -0.15) is 0 Å². The third-order valence-electron chi connectivity index (χ3n) is 1.68. The van der Waals surface area contributed by atoms with Gasteiger partial charge in [0.25, 0.3) is 0 Å². The van der Waals surface area contributed by atoms with Crippen molar-refractivity contribution in [1.29, 1.82) is 0 Å². The zero-order valence-corrected chi connectivity index (χ0v) is 9.84. The molecule has 7 heteroatoms. The zero-order valence-electron chi connectivity index (χ0n) is 7.97. The number of nitrogen functional groups attached to an aromatic ring is 1. The van der Waals surface area contributed by atoms with Gasteiger partial charge in [0.05, 0.1) is 0 Å². The van der Waals surface area contributed by atoms with Crippen molar-refractivity contribution in [2.45, 2.75) is 6.92 Å². The van der Waals surface area contributed by atoms with Crippen LogP contribution in [-0.4, -0.2) is 28.3 Å². The van der Waals surface area contributed by atoms with Crippen molar-refractivity contribution in [2.24, 2.45) is 0 Å². The zero-order chi connectivity index (χ0) is 11.6. The van der Waals surface area contributed by atoms with E-state index in [4.69, 9.17) is 13.9 Å². The number of hydrogen-bond donors (Lipinski definition) is 4. The summed E-state index contributed by atoms with van der Waals surface area (Å²) in [6.07, 6.45) is 0. The van der Waals surface area contributed by atoms with Crippen LogP contribution >= 0.6 is 0 Å². The van der Waals surface area contributed by atoms with Crippen LogP contribution in [0.2, 0.25) is 0 Å². The Morgan fingerprint density at radius 3 is 2.47 bits per heavy atom. The molecule has 0 heterocycles. The summed E-state index contributed by atoms with van der Waals surface area (Å²) in [4.78, 5) is 10.7. The molecule has 15 heavy (non-hydrogen) atoms. The monoisotopic (exact) mass is 274 g/mol. The first-order valence-electron chi connectivity index (χ1n) is 4.04.